The monoisotopic (exact) mass is 155 g/mol. The van der Waals surface area contributed by atoms with Crippen LogP contribution in [0.4, 0.5) is 0 Å². The normalized spacial score (nSPS) is 34.4. The minimum absolute atomic E-state index is 0.804. The standard InChI is InChI=1S/C8H17N3/c1-2-9-3-5-11-6-4-10-7-8(1)11/h8-10H,1-7H2. The Labute approximate surface area is 68.1 Å². The lowest BCUT2D eigenvalue weighted by atomic mass is 10.1. The van der Waals surface area contributed by atoms with E-state index in [4.69, 9.17) is 0 Å². The van der Waals surface area contributed by atoms with E-state index in [0.29, 0.717) is 0 Å². The van der Waals surface area contributed by atoms with Gasteiger partial charge in [0.25, 0.3) is 0 Å². The van der Waals surface area contributed by atoms with Crippen LogP contribution in [0.1, 0.15) is 6.42 Å². The lowest BCUT2D eigenvalue weighted by Crippen LogP contribution is -2.51. The Morgan fingerprint density at radius 1 is 1.00 bits per heavy atom. The molecule has 64 valence electrons. The number of nitrogens with zero attached hydrogens (tertiary/aromatic N) is 1. The first-order chi connectivity index (χ1) is 5.47. The highest BCUT2D eigenvalue weighted by Gasteiger charge is 2.22. The minimum Gasteiger partial charge on any atom is -0.315 e. The third-order valence-corrected chi connectivity index (χ3v) is 2.70. The van der Waals surface area contributed by atoms with Crippen molar-refractivity contribution in [2.75, 3.05) is 39.3 Å². The van der Waals surface area contributed by atoms with E-state index < -0.39 is 0 Å². The second-order valence-electron chi connectivity index (χ2n) is 3.43. The van der Waals surface area contributed by atoms with Crippen LogP contribution in [0.15, 0.2) is 0 Å². The van der Waals surface area contributed by atoms with Crippen LogP contribution in [0, 0.1) is 0 Å². The van der Waals surface area contributed by atoms with Crippen molar-refractivity contribution in [3.8, 4) is 0 Å². The van der Waals surface area contributed by atoms with E-state index in [1.165, 1.54) is 45.7 Å². The van der Waals surface area contributed by atoms with Gasteiger partial charge in [-0.2, -0.15) is 0 Å². The van der Waals surface area contributed by atoms with Gasteiger partial charge in [0, 0.05) is 38.8 Å². The molecule has 0 amide bonds. The summed E-state index contributed by atoms with van der Waals surface area (Å²) >= 11 is 0. The summed E-state index contributed by atoms with van der Waals surface area (Å²) in [6.45, 7) is 7.23. The molecule has 0 aliphatic carbocycles. The molecule has 2 rings (SSSR count). The number of hydrogen-bond acceptors (Lipinski definition) is 3. The van der Waals surface area contributed by atoms with Crippen molar-refractivity contribution in [2.24, 2.45) is 0 Å². The van der Waals surface area contributed by atoms with Crippen LogP contribution in [-0.2, 0) is 0 Å². The van der Waals surface area contributed by atoms with Crippen molar-refractivity contribution in [1.29, 1.82) is 0 Å². The molecule has 0 aromatic carbocycles. The second kappa shape index (κ2) is 3.52. The van der Waals surface area contributed by atoms with Gasteiger partial charge >= 0.3 is 0 Å². The molecule has 3 heteroatoms. The van der Waals surface area contributed by atoms with E-state index in [1.807, 2.05) is 0 Å². The van der Waals surface area contributed by atoms with Crippen molar-refractivity contribution in [2.45, 2.75) is 12.5 Å². The van der Waals surface area contributed by atoms with Gasteiger partial charge in [-0.1, -0.05) is 0 Å². The smallest absolute Gasteiger partial charge is 0.0233 e. The summed E-state index contributed by atoms with van der Waals surface area (Å²) in [6, 6.07) is 0.804. The lowest BCUT2D eigenvalue weighted by Gasteiger charge is -2.34. The molecule has 0 aromatic heterocycles. The molecule has 0 bridgehead atoms. The van der Waals surface area contributed by atoms with E-state index in [-0.39, 0.29) is 0 Å². The summed E-state index contributed by atoms with van der Waals surface area (Å²) in [5.74, 6) is 0. The average molecular weight is 155 g/mol. The fraction of sp³-hybridized carbons (Fsp3) is 1.00. The van der Waals surface area contributed by atoms with Gasteiger partial charge in [0.15, 0.2) is 0 Å². The SMILES string of the molecule is C1CC2CNCCN2CCN1. The van der Waals surface area contributed by atoms with Crippen LogP contribution in [0.2, 0.25) is 0 Å². The van der Waals surface area contributed by atoms with Crippen molar-refractivity contribution in [3.63, 3.8) is 0 Å². The summed E-state index contributed by atoms with van der Waals surface area (Å²) in [5.41, 5.74) is 0. The molecule has 2 heterocycles. The Balaban J connectivity index is 1.93. The predicted molar refractivity (Wildman–Crippen MR) is 45.7 cm³/mol. The Morgan fingerprint density at radius 2 is 1.82 bits per heavy atom. The fourth-order valence-electron chi connectivity index (χ4n) is 2.00. The summed E-state index contributed by atoms with van der Waals surface area (Å²) in [4.78, 5) is 2.61. The molecular weight excluding hydrogens is 138 g/mol. The maximum Gasteiger partial charge on any atom is 0.0233 e. The molecule has 2 N–H and O–H groups in total. The van der Waals surface area contributed by atoms with Gasteiger partial charge in [0.05, 0.1) is 0 Å². The topological polar surface area (TPSA) is 27.3 Å². The number of fused-ring (bicyclic) bond motifs is 1. The summed E-state index contributed by atoms with van der Waals surface area (Å²) < 4.78 is 0. The molecule has 3 nitrogen and oxygen atoms in total. The predicted octanol–water partition coefficient (Wildman–Crippen LogP) is -0.746. The lowest BCUT2D eigenvalue weighted by molar-refractivity contribution is 0.170. The molecule has 0 aromatic rings. The van der Waals surface area contributed by atoms with Crippen LogP contribution in [0.25, 0.3) is 0 Å². The molecule has 2 aliphatic heterocycles. The molecule has 2 aliphatic rings. The molecule has 11 heavy (non-hydrogen) atoms. The largest absolute Gasteiger partial charge is 0.315 e. The van der Waals surface area contributed by atoms with Gasteiger partial charge in [-0.3, -0.25) is 4.90 Å². The van der Waals surface area contributed by atoms with Crippen molar-refractivity contribution in [1.82, 2.24) is 15.5 Å². The summed E-state index contributed by atoms with van der Waals surface area (Å²) in [5, 5.41) is 6.88. The molecule has 2 saturated heterocycles. The van der Waals surface area contributed by atoms with Gasteiger partial charge in [-0.25, -0.2) is 0 Å². The molecule has 2 fully saturated rings. The van der Waals surface area contributed by atoms with Gasteiger partial charge in [-0.15, -0.1) is 0 Å². The Hall–Kier alpha value is -0.120. The second-order valence-corrected chi connectivity index (χ2v) is 3.43. The summed E-state index contributed by atoms with van der Waals surface area (Å²) in [6.07, 6.45) is 1.31. The zero-order valence-electron chi connectivity index (χ0n) is 6.97. The minimum atomic E-state index is 0.804. The van der Waals surface area contributed by atoms with E-state index in [9.17, 15) is 0 Å². The third-order valence-electron chi connectivity index (χ3n) is 2.70. The first kappa shape index (κ1) is 7.53. The Bertz CT molecular complexity index is 113. The van der Waals surface area contributed by atoms with Gasteiger partial charge in [-0.05, 0) is 13.0 Å². The average Bonchev–Trinajstić information content (AvgIpc) is 2.28. The highest BCUT2D eigenvalue weighted by Crippen LogP contribution is 2.07. The Morgan fingerprint density at radius 3 is 2.73 bits per heavy atom. The highest BCUT2D eigenvalue weighted by atomic mass is 15.2. The molecule has 0 radical (unpaired) electrons. The van der Waals surface area contributed by atoms with Crippen LogP contribution in [-0.4, -0.2) is 50.2 Å². The molecule has 0 saturated carbocycles. The molecular formula is C8H17N3. The van der Waals surface area contributed by atoms with Crippen molar-refractivity contribution >= 4 is 0 Å². The zero-order valence-corrected chi connectivity index (χ0v) is 6.97. The van der Waals surface area contributed by atoms with Gasteiger partial charge in [0.1, 0.15) is 0 Å². The van der Waals surface area contributed by atoms with Crippen LogP contribution in [0.3, 0.4) is 0 Å². The van der Waals surface area contributed by atoms with E-state index in [1.54, 1.807) is 0 Å². The number of piperazine rings is 1. The molecule has 1 unspecified atom stereocenters. The fourth-order valence-corrected chi connectivity index (χ4v) is 2.00. The van der Waals surface area contributed by atoms with Gasteiger partial charge in [0.2, 0.25) is 0 Å². The molecule has 1 atom stereocenters. The van der Waals surface area contributed by atoms with Gasteiger partial charge < -0.3 is 10.6 Å². The maximum atomic E-state index is 3.44. The Kier molecular flexibility index (Phi) is 2.41. The van der Waals surface area contributed by atoms with Crippen LogP contribution in [0.5, 0.6) is 0 Å². The highest BCUT2D eigenvalue weighted by molar-refractivity contribution is 4.82. The van der Waals surface area contributed by atoms with Crippen LogP contribution >= 0.6 is 0 Å². The van der Waals surface area contributed by atoms with Crippen molar-refractivity contribution in [3.05, 3.63) is 0 Å². The first-order valence-corrected chi connectivity index (χ1v) is 4.62. The maximum absolute atomic E-state index is 3.44. The van der Waals surface area contributed by atoms with E-state index >= 15 is 0 Å². The molecule has 0 spiro atoms. The number of nitrogens with one attached hydrogen (secondary N) is 2. The zero-order chi connectivity index (χ0) is 7.52. The third kappa shape index (κ3) is 1.72. The van der Waals surface area contributed by atoms with Crippen molar-refractivity contribution < 1.29 is 0 Å². The number of hydrogen-bond donors (Lipinski definition) is 2. The summed E-state index contributed by atoms with van der Waals surface area (Å²) in [7, 11) is 0. The quantitative estimate of drug-likeness (QED) is 0.482. The van der Waals surface area contributed by atoms with Crippen LogP contribution < -0.4 is 10.6 Å². The number of rotatable bonds is 0. The first-order valence-electron chi connectivity index (χ1n) is 4.62. The van der Waals surface area contributed by atoms with E-state index in [0.717, 1.165) is 6.04 Å². The van der Waals surface area contributed by atoms with E-state index in [2.05, 4.69) is 15.5 Å².